The minimum atomic E-state index is -5.09. The Morgan fingerprint density at radius 3 is 2.15 bits per heavy atom. The molecule has 0 fully saturated rings. The third-order valence-electron chi connectivity index (χ3n) is 2.78. The van der Waals surface area contributed by atoms with Crippen LogP contribution in [-0.2, 0) is 17.6 Å². The van der Waals surface area contributed by atoms with Crippen LogP contribution >= 0.6 is 0 Å². The number of rotatable bonds is 4. The highest BCUT2D eigenvalue weighted by molar-refractivity contribution is 5.97. The molecule has 0 saturated carbocycles. The second kappa shape index (κ2) is 5.89. The number of alkyl halides is 3. The molecule has 0 radical (unpaired) electrons. The molecule has 5 nitrogen and oxygen atoms in total. The maximum Gasteiger partial charge on any atom is 0.471 e. The van der Waals surface area contributed by atoms with E-state index in [9.17, 15) is 28.1 Å². The molecule has 1 rings (SSSR count). The van der Waals surface area contributed by atoms with Gasteiger partial charge in [-0.2, -0.15) is 13.2 Å². The van der Waals surface area contributed by atoms with Crippen molar-refractivity contribution >= 4 is 17.3 Å². The maximum absolute atomic E-state index is 12.2. The molecule has 0 saturated heterocycles. The number of halogens is 3. The topological polar surface area (TPSA) is 72.2 Å². The van der Waals surface area contributed by atoms with E-state index in [-0.39, 0.29) is 0 Å². The van der Waals surface area contributed by atoms with Gasteiger partial charge < -0.3 is 5.32 Å². The minimum absolute atomic E-state index is 0.439. The average Bonchev–Trinajstić information content (AvgIpc) is 2.36. The average molecular weight is 290 g/mol. The highest BCUT2D eigenvalue weighted by Gasteiger charge is 2.39. The molecule has 0 bridgehead atoms. The summed E-state index contributed by atoms with van der Waals surface area (Å²) in [4.78, 5) is 21.0. The van der Waals surface area contributed by atoms with Crippen LogP contribution in [0.5, 0.6) is 0 Å². The monoisotopic (exact) mass is 290 g/mol. The Balaban J connectivity index is 3.30. The van der Waals surface area contributed by atoms with Crippen molar-refractivity contribution in [3.05, 3.63) is 33.4 Å². The molecule has 1 aromatic rings. The van der Waals surface area contributed by atoms with E-state index < -0.39 is 28.4 Å². The summed E-state index contributed by atoms with van der Waals surface area (Å²) in [6, 6.07) is 2.42. The summed E-state index contributed by atoms with van der Waals surface area (Å²) >= 11 is 0. The highest BCUT2D eigenvalue weighted by Crippen LogP contribution is 2.30. The van der Waals surface area contributed by atoms with Gasteiger partial charge in [-0.15, -0.1) is 0 Å². The fourth-order valence-electron chi connectivity index (χ4n) is 1.78. The largest absolute Gasteiger partial charge is 0.471 e. The second-order valence-corrected chi connectivity index (χ2v) is 4.05. The Morgan fingerprint density at radius 2 is 1.75 bits per heavy atom. The van der Waals surface area contributed by atoms with Gasteiger partial charge in [0.2, 0.25) is 0 Å². The van der Waals surface area contributed by atoms with Crippen molar-refractivity contribution in [2.24, 2.45) is 0 Å². The lowest BCUT2D eigenvalue weighted by atomic mass is 10.0. The van der Waals surface area contributed by atoms with E-state index in [0.29, 0.717) is 24.0 Å². The molecule has 1 aromatic carbocycles. The first-order valence-electron chi connectivity index (χ1n) is 5.89. The Morgan fingerprint density at radius 1 is 1.25 bits per heavy atom. The summed E-state index contributed by atoms with van der Waals surface area (Å²) in [7, 11) is 0. The molecule has 0 aromatic heterocycles. The molecule has 0 aliphatic carbocycles. The van der Waals surface area contributed by atoms with Gasteiger partial charge in [-0.05, 0) is 30.0 Å². The number of carbonyl (C=O) groups is 1. The molecule has 0 aliphatic heterocycles. The van der Waals surface area contributed by atoms with Crippen molar-refractivity contribution in [1.29, 1.82) is 0 Å². The lowest BCUT2D eigenvalue weighted by Gasteiger charge is -2.12. The predicted molar refractivity (Wildman–Crippen MR) is 66.5 cm³/mol. The van der Waals surface area contributed by atoms with Gasteiger partial charge in [0.1, 0.15) is 5.69 Å². The fraction of sp³-hybridized carbons (Fsp3) is 0.417. The number of carbonyl (C=O) groups excluding carboxylic acids is 1. The first kappa shape index (κ1) is 15.9. The van der Waals surface area contributed by atoms with Crippen LogP contribution in [0.4, 0.5) is 24.5 Å². The van der Waals surface area contributed by atoms with Gasteiger partial charge in [0, 0.05) is 6.07 Å². The van der Waals surface area contributed by atoms with Crippen molar-refractivity contribution in [2.45, 2.75) is 32.9 Å². The van der Waals surface area contributed by atoms with E-state index in [4.69, 9.17) is 0 Å². The number of nitro groups is 1. The second-order valence-electron chi connectivity index (χ2n) is 4.05. The first-order chi connectivity index (χ1) is 9.20. The zero-order valence-electron chi connectivity index (χ0n) is 10.9. The standard InChI is InChI=1S/C12H13F3N2O3/c1-3-7-5-9(16-11(18)12(13,14)15)10(17(19)20)6-8(7)4-2/h5-6H,3-4H2,1-2H3,(H,16,18). The lowest BCUT2D eigenvalue weighted by Crippen LogP contribution is -2.30. The maximum atomic E-state index is 12.2. The first-order valence-corrected chi connectivity index (χ1v) is 5.89. The molecule has 1 N–H and O–H groups in total. The van der Waals surface area contributed by atoms with Gasteiger partial charge in [-0.25, -0.2) is 0 Å². The predicted octanol–water partition coefficient (Wildman–Crippen LogP) is 3.22. The molecule has 20 heavy (non-hydrogen) atoms. The molecule has 0 aliphatic rings. The Hall–Kier alpha value is -2.12. The molecule has 1 amide bonds. The van der Waals surface area contributed by atoms with Crippen molar-refractivity contribution in [1.82, 2.24) is 0 Å². The summed E-state index contributed by atoms with van der Waals surface area (Å²) in [6.07, 6.45) is -4.09. The van der Waals surface area contributed by atoms with Gasteiger partial charge in [0.05, 0.1) is 4.92 Å². The van der Waals surface area contributed by atoms with E-state index in [1.165, 1.54) is 12.1 Å². The summed E-state index contributed by atoms with van der Waals surface area (Å²) in [5.41, 5.74) is 0.350. The van der Waals surface area contributed by atoms with Crippen molar-refractivity contribution in [3.63, 3.8) is 0 Å². The van der Waals surface area contributed by atoms with Crippen LogP contribution in [0.3, 0.4) is 0 Å². The smallest absolute Gasteiger partial charge is 0.312 e. The highest BCUT2D eigenvalue weighted by atomic mass is 19.4. The molecular weight excluding hydrogens is 277 g/mol. The molecule has 0 heterocycles. The molecule has 0 atom stereocenters. The van der Waals surface area contributed by atoms with E-state index in [1.54, 1.807) is 19.2 Å². The van der Waals surface area contributed by atoms with E-state index in [1.807, 2.05) is 0 Å². The number of nitrogens with one attached hydrogen (secondary N) is 1. The minimum Gasteiger partial charge on any atom is -0.312 e. The van der Waals surface area contributed by atoms with Gasteiger partial charge >= 0.3 is 12.1 Å². The van der Waals surface area contributed by atoms with Crippen LogP contribution in [0, 0.1) is 10.1 Å². The zero-order valence-corrected chi connectivity index (χ0v) is 10.9. The number of hydrogen-bond acceptors (Lipinski definition) is 3. The number of benzene rings is 1. The van der Waals surface area contributed by atoms with Crippen LogP contribution < -0.4 is 5.32 Å². The molecule has 110 valence electrons. The SMILES string of the molecule is CCc1cc(NC(=O)C(F)(F)F)c([N+](=O)[O-])cc1CC. The quantitative estimate of drug-likeness (QED) is 0.683. The Labute approximate surface area is 112 Å². The Bertz CT molecular complexity index is 541. The Kier molecular flexibility index (Phi) is 4.69. The number of nitro benzene ring substituents is 1. The fourth-order valence-corrected chi connectivity index (χ4v) is 1.78. The van der Waals surface area contributed by atoms with Crippen LogP contribution in [0.2, 0.25) is 0 Å². The van der Waals surface area contributed by atoms with Crippen molar-refractivity contribution < 1.29 is 22.9 Å². The van der Waals surface area contributed by atoms with E-state index in [0.717, 1.165) is 0 Å². The number of nitrogens with zero attached hydrogens (tertiary/aromatic N) is 1. The number of amides is 1. The van der Waals surface area contributed by atoms with Crippen LogP contribution in [0.15, 0.2) is 12.1 Å². The molecule has 8 heteroatoms. The molecule has 0 spiro atoms. The summed E-state index contributed by atoms with van der Waals surface area (Å²) in [5, 5.41) is 12.4. The van der Waals surface area contributed by atoms with Gasteiger partial charge in [0.25, 0.3) is 5.69 Å². The van der Waals surface area contributed by atoms with Gasteiger partial charge in [-0.1, -0.05) is 13.8 Å². The lowest BCUT2D eigenvalue weighted by molar-refractivity contribution is -0.384. The molecule has 0 unspecified atom stereocenters. The summed E-state index contributed by atoms with van der Waals surface area (Å²) in [5.74, 6) is -2.23. The summed E-state index contributed by atoms with van der Waals surface area (Å²) < 4.78 is 36.6. The van der Waals surface area contributed by atoms with Crippen LogP contribution in [0.1, 0.15) is 25.0 Å². The van der Waals surface area contributed by atoms with Crippen molar-refractivity contribution in [2.75, 3.05) is 5.32 Å². The van der Waals surface area contributed by atoms with Crippen LogP contribution in [-0.4, -0.2) is 17.0 Å². The normalized spacial score (nSPS) is 11.2. The number of aryl methyl sites for hydroxylation is 2. The van der Waals surface area contributed by atoms with Crippen LogP contribution in [0.25, 0.3) is 0 Å². The molecular formula is C12H13F3N2O3. The van der Waals surface area contributed by atoms with Gasteiger partial charge in [0.15, 0.2) is 0 Å². The summed E-state index contributed by atoms with van der Waals surface area (Å²) in [6.45, 7) is 3.56. The van der Waals surface area contributed by atoms with Gasteiger partial charge in [-0.3, -0.25) is 14.9 Å². The number of hydrogen-bond donors (Lipinski definition) is 1. The third-order valence-corrected chi connectivity index (χ3v) is 2.78. The third kappa shape index (κ3) is 3.46. The van der Waals surface area contributed by atoms with Crippen molar-refractivity contribution in [3.8, 4) is 0 Å². The zero-order chi connectivity index (χ0) is 15.5. The van der Waals surface area contributed by atoms with E-state index >= 15 is 0 Å². The van der Waals surface area contributed by atoms with E-state index in [2.05, 4.69) is 0 Å². The number of anilines is 1.